The zero-order valence-electron chi connectivity index (χ0n) is 14.9. The zero-order chi connectivity index (χ0) is 18.4. The summed E-state index contributed by atoms with van der Waals surface area (Å²) in [6.45, 7) is 3.95. The molecule has 5 heteroatoms. The number of amides is 1. The molecule has 0 saturated carbocycles. The molecule has 26 heavy (non-hydrogen) atoms. The van der Waals surface area contributed by atoms with E-state index in [0.717, 1.165) is 28.5 Å². The van der Waals surface area contributed by atoms with Crippen molar-refractivity contribution in [2.24, 2.45) is 0 Å². The Morgan fingerprint density at radius 1 is 1.00 bits per heavy atom. The van der Waals surface area contributed by atoms with Gasteiger partial charge in [0.15, 0.2) is 0 Å². The van der Waals surface area contributed by atoms with Gasteiger partial charge in [0.05, 0.1) is 11.3 Å². The van der Waals surface area contributed by atoms with Crippen molar-refractivity contribution in [2.45, 2.75) is 31.1 Å². The number of carbonyl (C=O) groups is 1. The maximum atomic E-state index is 12.8. The van der Waals surface area contributed by atoms with Crippen molar-refractivity contribution >= 4 is 34.2 Å². The lowest BCUT2D eigenvalue weighted by Crippen LogP contribution is -2.36. The molecule has 1 unspecified atom stereocenters. The van der Waals surface area contributed by atoms with Crippen LogP contribution < -0.4 is 5.32 Å². The third-order valence-corrected chi connectivity index (χ3v) is 6.14. The van der Waals surface area contributed by atoms with Crippen molar-refractivity contribution < 1.29 is 4.79 Å². The molecule has 136 valence electrons. The van der Waals surface area contributed by atoms with Gasteiger partial charge in [-0.15, -0.1) is 0 Å². The number of benzene rings is 2. The Kier molecular flexibility index (Phi) is 6.69. The van der Waals surface area contributed by atoms with Crippen LogP contribution in [-0.2, 0) is 4.79 Å². The van der Waals surface area contributed by atoms with E-state index in [1.165, 1.54) is 24.6 Å². The van der Waals surface area contributed by atoms with Gasteiger partial charge in [0.1, 0.15) is 4.32 Å². The van der Waals surface area contributed by atoms with Crippen LogP contribution in [0, 0.1) is 0 Å². The van der Waals surface area contributed by atoms with Crippen LogP contribution in [0.15, 0.2) is 60.7 Å². The summed E-state index contributed by atoms with van der Waals surface area (Å²) in [5.74, 6) is 0.00857. The summed E-state index contributed by atoms with van der Waals surface area (Å²) < 4.78 is 0.834. The lowest BCUT2D eigenvalue weighted by molar-refractivity contribution is -0.120. The molecule has 1 amide bonds. The van der Waals surface area contributed by atoms with Gasteiger partial charge in [-0.05, 0) is 30.9 Å². The Hall–Kier alpha value is -1.85. The molecule has 2 aromatic carbocycles. The van der Waals surface area contributed by atoms with E-state index in [1.807, 2.05) is 67.6 Å². The number of thioether (sulfide) groups is 1. The second-order valence-electron chi connectivity index (χ2n) is 6.48. The summed E-state index contributed by atoms with van der Waals surface area (Å²) in [4.78, 5) is 15.0. The van der Waals surface area contributed by atoms with Gasteiger partial charge in [0.25, 0.3) is 0 Å². The van der Waals surface area contributed by atoms with Gasteiger partial charge in [0.2, 0.25) is 5.91 Å². The van der Waals surface area contributed by atoms with Crippen molar-refractivity contribution in [1.82, 2.24) is 10.2 Å². The number of carbonyl (C=O) groups excluding carboxylic acids is 1. The predicted octanol–water partition coefficient (Wildman–Crippen LogP) is 4.39. The molecular weight excluding hydrogens is 360 g/mol. The first-order chi connectivity index (χ1) is 12.6. The van der Waals surface area contributed by atoms with E-state index in [9.17, 15) is 4.79 Å². The van der Waals surface area contributed by atoms with Crippen LogP contribution >= 0.6 is 24.0 Å². The van der Waals surface area contributed by atoms with E-state index >= 15 is 0 Å². The van der Waals surface area contributed by atoms with E-state index < -0.39 is 0 Å². The Bertz CT molecular complexity index is 691. The van der Waals surface area contributed by atoms with Crippen LogP contribution in [0.25, 0.3) is 0 Å². The number of likely N-dealkylation sites (tertiary alicyclic amines) is 1. The second kappa shape index (κ2) is 9.19. The first-order valence-electron chi connectivity index (χ1n) is 9.01. The number of hydrogen-bond donors (Lipinski definition) is 1. The fourth-order valence-electron chi connectivity index (χ4n) is 3.09. The van der Waals surface area contributed by atoms with Crippen LogP contribution in [0.2, 0.25) is 0 Å². The van der Waals surface area contributed by atoms with Crippen LogP contribution in [0.5, 0.6) is 0 Å². The zero-order valence-corrected chi connectivity index (χ0v) is 16.6. The molecule has 1 N–H and O–H groups in total. The second-order valence-corrected chi connectivity index (χ2v) is 8.46. The first-order valence-corrected chi connectivity index (χ1v) is 10.3. The Balaban J connectivity index is 1.70. The average molecular weight is 385 g/mol. The van der Waals surface area contributed by atoms with Crippen LogP contribution in [0.1, 0.15) is 36.9 Å². The number of hydrogen-bond acceptors (Lipinski definition) is 3. The van der Waals surface area contributed by atoms with E-state index in [-0.39, 0.29) is 17.2 Å². The Labute approximate surface area is 165 Å². The minimum atomic E-state index is -0.224. The highest BCUT2D eigenvalue weighted by atomic mass is 32.2. The third-order valence-electron chi connectivity index (χ3n) is 4.56. The number of nitrogens with one attached hydrogen (secondary N) is 1. The smallest absolute Gasteiger partial charge is 0.234 e. The quantitative estimate of drug-likeness (QED) is 0.775. The largest absolute Gasteiger partial charge is 0.358 e. The van der Waals surface area contributed by atoms with Gasteiger partial charge in [-0.2, -0.15) is 0 Å². The molecule has 3 nitrogen and oxygen atoms in total. The molecule has 1 saturated heterocycles. The molecule has 0 aromatic heterocycles. The molecule has 0 aliphatic carbocycles. The Morgan fingerprint density at radius 2 is 1.50 bits per heavy atom. The van der Waals surface area contributed by atoms with Gasteiger partial charge in [-0.3, -0.25) is 4.79 Å². The third kappa shape index (κ3) is 4.86. The van der Waals surface area contributed by atoms with Crippen molar-refractivity contribution in [1.29, 1.82) is 0 Å². The molecule has 0 bridgehead atoms. The maximum Gasteiger partial charge on any atom is 0.234 e. The lowest BCUT2D eigenvalue weighted by Gasteiger charge is -2.24. The van der Waals surface area contributed by atoms with Gasteiger partial charge in [-0.1, -0.05) is 84.6 Å². The Morgan fingerprint density at radius 3 is 2.00 bits per heavy atom. The average Bonchev–Trinajstić information content (AvgIpc) is 3.22. The predicted molar refractivity (Wildman–Crippen MR) is 113 cm³/mol. The minimum Gasteiger partial charge on any atom is -0.358 e. The summed E-state index contributed by atoms with van der Waals surface area (Å²) in [7, 11) is 0. The molecule has 1 atom stereocenters. The number of rotatable bonds is 5. The molecule has 0 radical (unpaired) electrons. The normalized spacial score (nSPS) is 15.1. The number of thiocarbonyl (C=S) groups is 1. The maximum absolute atomic E-state index is 12.8. The number of nitrogens with zero attached hydrogens (tertiary/aromatic N) is 1. The lowest BCUT2D eigenvalue weighted by atomic mass is 9.98. The molecule has 3 rings (SSSR count). The molecule has 2 aromatic rings. The first kappa shape index (κ1) is 18.9. The van der Waals surface area contributed by atoms with Crippen molar-refractivity contribution in [3.63, 3.8) is 0 Å². The van der Waals surface area contributed by atoms with Gasteiger partial charge < -0.3 is 10.2 Å². The molecule has 0 spiro atoms. The highest BCUT2D eigenvalue weighted by Gasteiger charge is 2.24. The summed E-state index contributed by atoms with van der Waals surface area (Å²) >= 11 is 7.00. The highest BCUT2D eigenvalue weighted by Crippen LogP contribution is 2.24. The van der Waals surface area contributed by atoms with Gasteiger partial charge in [-0.25, -0.2) is 0 Å². The van der Waals surface area contributed by atoms with Crippen molar-refractivity contribution in [2.75, 3.05) is 13.1 Å². The fraction of sp³-hybridized carbons (Fsp3) is 0.333. The van der Waals surface area contributed by atoms with Crippen molar-refractivity contribution in [3.05, 3.63) is 71.8 Å². The topological polar surface area (TPSA) is 32.3 Å². The summed E-state index contributed by atoms with van der Waals surface area (Å²) in [6, 6.07) is 20.0. The molecule has 1 aliphatic rings. The summed E-state index contributed by atoms with van der Waals surface area (Å²) in [6.07, 6.45) is 2.37. The fourth-order valence-corrected chi connectivity index (χ4v) is 4.51. The van der Waals surface area contributed by atoms with Gasteiger partial charge >= 0.3 is 0 Å². The molecule has 1 heterocycles. The van der Waals surface area contributed by atoms with E-state index in [4.69, 9.17) is 12.2 Å². The summed E-state index contributed by atoms with van der Waals surface area (Å²) in [5.41, 5.74) is 2.15. The minimum absolute atomic E-state index is 0.00857. The molecule has 1 fully saturated rings. The molecular formula is C21H24N2OS2. The van der Waals surface area contributed by atoms with Crippen LogP contribution in [0.3, 0.4) is 0 Å². The standard InChI is InChI=1S/C21H24N2OS2/c1-16(26-21(25)23-14-8-9-15-23)20(24)22-19(17-10-4-2-5-11-17)18-12-6-3-7-13-18/h2-7,10-13,16,19H,8-9,14-15H2,1H3,(H,22,24). The van der Waals surface area contributed by atoms with E-state index in [0.29, 0.717) is 0 Å². The summed E-state index contributed by atoms with van der Waals surface area (Å²) in [5, 5.41) is 2.98. The van der Waals surface area contributed by atoms with E-state index in [2.05, 4.69) is 10.2 Å². The van der Waals surface area contributed by atoms with Gasteiger partial charge in [0, 0.05) is 13.1 Å². The van der Waals surface area contributed by atoms with Crippen molar-refractivity contribution in [3.8, 4) is 0 Å². The molecule has 1 aliphatic heterocycles. The highest BCUT2D eigenvalue weighted by molar-refractivity contribution is 8.23. The van der Waals surface area contributed by atoms with E-state index in [1.54, 1.807) is 0 Å². The van der Waals surface area contributed by atoms with Crippen LogP contribution in [0.4, 0.5) is 0 Å². The van der Waals surface area contributed by atoms with Crippen LogP contribution in [-0.4, -0.2) is 33.5 Å². The SMILES string of the molecule is CC(SC(=S)N1CCCC1)C(=O)NC(c1ccccc1)c1ccccc1. The monoisotopic (exact) mass is 384 g/mol.